The maximum Gasteiger partial charge on any atom is 0.227 e. The molecule has 0 spiro atoms. The van der Waals surface area contributed by atoms with Gasteiger partial charge in [-0.3, -0.25) is 0 Å². The Bertz CT molecular complexity index is 1610. The van der Waals surface area contributed by atoms with Crippen LogP contribution in [0.4, 0.5) is 11.4 Å². The standard InChI is InChI=1S/C29H24N2OS/c1-29(2,3)31(24-17-9-14-21-20-13-7-8-18-25(20)33-27(21)24)23-16-10-15-22-26(23)32-28(30-22)19-11-5-4-6-12-19/h4-18H,1-3H3. The smallest absolute Gasteiger partial charge is 0.227 e. The van der Waals surface area contributed by atoms with Crippen LogP contribution in [0.25, 0.3) is 42.7 Å². The highest BCUT2D eigenvalue weighted by Gasteiger charge is 2.29. The Morgan fingerprint density at radius 3 is 2.24 bits per heavy atom. The van der Waals surface area contributed by atoms with Crippen molar-refractivity contribution in [3.63, 3.8) is 0 Å². The molecule has 0 aliphatic carbocycles. The van der Waals surface area contributed by atoms with Crippen molar-refractivity contribution >= 4 is 54.0 Å². The zero-order valence-corrected chi connectivity index (χ0v) is 19.7. The number of anilines is 2. The van der Waals surface area contributed by atoms with Crippen molar-refractivity contribution in [2.24, 2.45) is 0 Å². The number of aromatic nitrogens is 1. The quantitative estimate of drug-likeness (QED) is 0.271. The van der Waals surface area contributed by atoms with Crippen LogP contribution in [0.15, 0.2) is 95.4 Å². The van der Waals surface area contributed by atoms with Crippen molar-refractivity contribution in [1.29, 1.82) is 0 Å². The predicted octanol–water partition coefficient (Wildman–Crippen LogP) is 8.80. The number of para-hydroxylation sites is 1. The molecule has 0 atom stereocenters. The van der Waals surface area contributed by atoms with Gasteiger partial charge in [-0.25, -0.2) is 4.98 Å². The minimum absolute atomic E-state index is 0.182. The molecule has 0 aliphatic heterocycles. The molecule has 0 N–H and O–H groups in total. The second-order valence-corrected chi connectivity index (χ2v) is 10.3. The van der Waals surface area contributed by atoms with Gasteiger partial charge in [0, 0.05) is 26.6 Å². The Morgan fingerprint density at radius 1 is 0.727 bits per heavy atom. The first-order valence-corrected chi connectivity index (χ1v) is 12.0. The van der Waals surface area contributed by atoms with Gasteiger partial charge in [0.25, 0.3) is 0 Å². The van der Waals surface area contributed by atoms with Gasteiger partial charge in [0.15, 0.2) is 5.58 Å². The van der Waals surface area contributed by atoms with Gasteiger partial charge >= 0.3 is 0 Å². The van der Waals surface area contributed by atoms with E-state index in [9.17, 15) is 0 Å². The van der Waals surface area contributed by atoms with Crippen LogP contribution < -0.4 is 4.90 Å². The summed E-state index contributed by atoms with van der Waals surface area (Å²) in [4.78, 5) is 7.20. The van der Waals surface area contributed by atoms with Crippen LogP contribution in [0.3, 0.4) is 0 Å². The lowest BCUT2D eigenvalue weighted by molar-refractivity contribution is 0.555. The molecule has 0 aliphatic rings. The fourth-order valence-electron chi connectivity index (χ4n) is 4.58. The largest absolute Gasteiger partial charge is 0.434 e. The molecule has 162 valence electrons. The number of nitrogens with zero attached hydrogens (tertiary/aromatic N) is 2. The number of fused-ring (bicyclic) bond motifs is 4. The van der Waals surface area contributed by atoms with E-state index in [2.05, 4.69) is 80.3 Å². The number of benzene rings is 4. The minimum atomic E-state index is -0.182. The van der Waals surface area contributed by atoms with E-state index in [-0.39, 0.29) is 5.54 Å². The second-order valence-electron chi connectivity index (χ2n) is 9.27. The fraction of sp³-hybridized carbons (Fsp3) is 0.138. The molecule has 2 aromatic heterocycles. The van der Waals surface area contributed by atoms with Crippen LogP contribution in [-0.4, -0.2) is 10.5 Å². The van der Waals surface area contributed by atoms with E-state index in [1.807, 2.05) is 47.7 Å². The molecule has 4 aromatic carbocycles. The highest BCUT2D eigenvalue weighted by atomic mass is 32.1. The highest BCUT2D eigenvalue weighted by molar-refractivity contribution is 7.26. The van der Waals surface area contributed by atoms with Crippen LogP contribution in [0, 0.1) is 0 Å². The number of hydrogen-bond acceptors (Lipinski definition) is 4. The van der Waals surface area contributed by atoms with Gasteiger partial charge in [-0.1, -0.05) is 54.6 Å². The molecule has 0 bridgehead atoms. The molecule has 0 saturated carbocycles. The van der Waals surface area contributed by atoms with Crippen LogP contribution >= 0.6 is 11.3 Å². The van der Waals surface area contributed by atoms with Crippen molar-refractivity contribution in [1.82, 2.24) is 4.98 Å². The van der Waals surface area contributed by atoms with E-state index in [4.69, 9.17) is 9.40 Å². The number of thiophene rings is 1. The molecular weight excluding hydrogens is 424 g/mol. The molecule has 6 aromatic rings. The van der Waals surface area contributed by atoms with Gasteiger partial charge < -0.3 is 9.32 Å². The summed E-state index contributed by atoms with van der Waals surface area (Å²) in [6, 6.07) is 31.6. The number of rotatable bonds is 3. The van der Waals surface area contributed by atoms with Crippen LogP contribution in [-0.2, 0) is 0 Å². The van der Waals surface area contributed by atoms with Gasteiger partial charge in [-0.15, -0.1) is 11.3 Å². The van der Waals surface area contributed by atoms with Gasteiger partial charge in [0.05, 0.1) is 16.1 Å². The first-order valence-electron chi connectivity index (χ1n) is 11.2. The molecule has 0 amide bonds. The van der Waals surface area contributed by atoms with E-state index >= 15 is 0 Å². The molecule has 2 heterocycles. The highest BCUT2D eigenvalue weighted by Crippen LogP contribution is 2.46. The molecule has 0 fully saturated rings. The summed E-state index contributed by atoms with van der Waals surface area (Å²) >= 11 is 1.85. The first kappa shape index (κ1) is 20.0. The SMILES string of the molecule is CC(C)(C)N(c1cccc2nc(-c3ccccc3)oc12)c1cccc2c1sc1ccccc12. The third-order valence-corrected chi connectivity index (χ3v) is 7.16. The van der Waals surface area contributed by atoms with Crippen LogP contribution in [0.2, 0.25) is 0 Å². The normalized spacial score (nSPS) is 12.1. The third-order valence-electron chi connectivity index (χ3n) is 5.95. The van der Waals surface area contributed by atoms with Crippen molar-refractivity contribution in [3.05, 3.63) is 91.0 Å². The van der Waals surface area contributed by atoms with E-state index in [1.54, 1.807) is 0 Å². The minimum Gasteiger partial charge on any atom is -0.434 e. The molecule has 6 rings (SSSR count). The Kier molecular flexibility index (Phi) is 4.52. The Labute approximate surface area is 196 Å². The summed E-state index contributed by atoms with van der Waals surface area (Å²) < 4.78 is 8.99. The fourth-order valence-corrected chi connectivity index (χ4v) is 5.78. The Hall–Kier alpha value is -3.63. The molecule has 0 unspecified atom stereocenters. The summed E-state index contributed by atoms with van der Waals surface area (Å²) in [5.74, 6) is 0.645. The molecule has 4 heteroatoms. The first-order chi connectivity index (χ1) is 16.0. The van der Waals surface area contributed by atoms with E-state index < -0.39 is 0 Å². The predicted molar refractivity (Wildman–Crippen MR) is 141 cm³/mol. The second kappa shape index (κ2) is 7.46. The summed E-state index contributed by atoms with van der Waals surface area (Å²) in [7, 11) is 0. The summed E-state index contributed by atoms with van der Waals surface area (Å²) in [5, 5.41) is 2.59. The van der Waals surface area contributed by atoms with Crippen molar-refractivity contribution < 1.29 is 4.42 Å². The monoisotopic (exact) mass is 448 g/mol. The zero-order chi connectivity index (χ0) is 22.6. The van der Waals surface area contributed by atoms with E-state index in [0.29, 0.717) is 5.89 Å². The van der Waals surface area contributed by atoms with E-state index in [0.717, 1.165) is 22.4 Å². The third kappa shape index (κ3) is 3.30. The molecule has 3 nitrogen and oxygen atoms in total. The molecule has 0 radical (unpaired) electrons. The number of oxazole rings is 1. The lowest BCUT2D eigenvalue weighted by atomic mass is 10.0. The van der Waals surface area contributed by atoms with Gasteiger partial charge in [0.2, 0.25) is 5.89 Å². The average molecular weight is 449 g/mol. The van der Waals surface area contributed by atoms with Crippen LogP contribution in [0.1, 0.15) is 20.8 Å². The van der Waals surface area contributed by atoms with E-state index in [1.165, 1.54) is 25.9 Å². The molecule has 0 saturated heterocycles. The van der Waals surface area contributed by atoms with Crippen LogP contribution in [0.5, 0.6) is 0 Å². The van der Waals surface area contributed by atoms with Gasteiger partial charge in [-0.05, 0) is 57.2 Å². The maximum atomic E-state index is 6.40. The maximum absolute atomic E-state index is 6.40. The summed E-state index contributed by atoms with van der Waals surface area (Å²) in [6.45, 7) is 6.73. The van der Waals surface area contributed by atoms with Crippen molar-refractivity contribution in [2.45, 2.75) is 26.3 Å². The Morgan fingerprint density at radius 2 is 1.42 bits per heavy atom. The molecular formula is C29H24N2OS. The topological polar surface area (TPSA) is 29.3 Å². The van der Waals surface area contributed by atoms with Crippen molar-refractivity contribution in [2.75, 3.05) is 4.90 Å². The lowest BCUT2D eigenvalue weighted by Crippen LogP contribution is -2.37. The molecule has 33 heavy (non-hydrogen) atoms. The van der Waals surface area contributed by atoms with Gasteiger partial charge in [-0.2, -0.15) is 0 Å². The number of hydrogen-bond donors (Lipinski definition) is 0. The zero-order valence-electron chi connectivity index (χ0n) is 18.9. The lowest BCUT2D eigenvalue weighted by Gasteiger charge is -2.38. The average Bonchev–Trinajstić information content (AvgIpc) is 3.42. The summed E-state index contributed by atoms with van der Waals surface area (Å²) in [5.41, 5.74) is 4.69. The van der Waals surface area contributed by atoms with Crippen molar-refractivity contribution in [3.8, 4) is 11.5 Å². The van der Waals surface area contributed by atoms with Gasteiger partial charge in [0.1, 0.15) is 5.52 Å². The summed E-state index contributed by atoms with van der Waals surface area (Å²) in [6.07, 6.45) is 0. The Balaban J connectivity index is 1.61.